The van der Waals surface area contributed by atoms with Crippen molar-refractivity contribution in [1.82, 2.24) is 9.78 Å². The molecule has 20 heavy (non-hydrogen) atoms. The summed E-state index contributed by atoms with van der Waals surface area (Å²) in [5.41, 5.74) is 5.13. The fourth-order valence-electron chi connectivity index (χ4n) is 2.61. The van der Waals surface area contributed by atoms with Crippen molar-refractivity contribution in [2.75, 3.05) is 7.11 Å². The summed E-state index contributed by atoms with van der Waals surface area (Å²) >= 11 is 0. The lowest BCUT2D eigenvalue weighted by Crippen LogP contribution is -2.06. The minimum atomic E-state index is -0.612. The molecule has 0 bridgehead atoms. The van der Waals surface area contributed by atoms with Gasteiger partial charge in [-0.3, -0.25) is 0 Å². The fraction of sp³-hybridized carbons (Fsp3) is 0.438. The van der Waals surface area contributed by atoms with E-state index in [1.54, 1.807) is 11.8 Å². The molecule has 2 aromatic rings. The predicted octanol–water partition coefficient (Wildman–Crippen LogP) is 2.63. The molecule has 1 atom stereocenters. The van der Waals surface area contributed by atoms with E-state index in [0.29, 0.717) is 12.3 Å². The van der Waals surface area contributed by atoms with Gasteiger partial charge in [0.15, 0.2) is 0 Å². The first kappa shape index (κ1) is 14.6. The Morgan fingerprint density at radius 2 is 2.00 bits per heavy atom. The van der Waals surface area contributed by atoms with Gasteiger partial charge in [0.1, 0.15) is 0 Å². The van der Waals surface area contributed by atoms with Crippen LogP contribution in [-0.2, 0) is 13.5 Å². The van der Waals surface area contributed by atoms with E-state index in [4.69, 9.17) is 4.74 Å². The van der Waals surface area contributed by atoms with Crippen molar-refractivity contribution in [1.29, 1.82) is 0 Å². The van der Waals surface area contributed by atoms with Crippen molar-refractivity contribution in [2.45, 2.75) is 33.3 Å². The van der Waals surface area contributed by atoms with Crippen LogP contribution in [0.2, 0.25) is 0 Å². The van der Waals surface area contributed by atoms with Gasteiger partial charge in [-0.1, -0.05) is 23.8 Å². The molecule has 0 spiro atoms. The normalized spacial score (nSPS) is 12.5. The number of aliphatic hydroxyl groups is 1. The summed E-state index contributed by atoms with van der Waals surface area (Å²) in [7, 11) is 3.42. The molecule has 1 heterocycles. The summed E-state index contributed by atoms with van der Waals surface area (Å²) < 4.78 is 7.01. The highest BCUT2D eigenvalue weighted by atomic mass is 16.5. The molecular formula is C16H22N2O2. The summed E-state index contributed by atoms with van der Waals surface area (Å²) in [6.07, 6.45) is -0.0460. The van der Waals surface area contributed by atoms with Gasteiger partial charge < -0.3 is 9.84 Å². The van der Waals surface area contributed by atoms with Crippen LogP contribution in [0.25, 0.3) is 0 Å². The average Bonchev–Trinajstić information content (AvgIpc) is 2.68. The van der Waals surface area contributed by atoms with Crippen LogP contribution in [0.5, 0.6) is 5.88 Å². The third kappa shape index (κ3) is 2.70. The first-order valence-corrected chi connectivity index (χ1v) is 6.75. The molecule has 1 aromatic heterocycles. The molecule has 1 unspecified atom stereocenters. The van der Waals surface area contributed by atoms with Crippen LogP contribution in [0.4, 0.5) is 0 Å². The highest BCUT2D eigenvalue weighted by molar-refractivity contribution is 5.37. The second-order valence-electron chi connectivity index (χ2n) is 5.28. The van der Waals surface area contributed by atoms with Crippen molar-refractivity contribution >= 4 is 0 Å². The van der Waals surface area contributed by atoms with E-state index in [2.05, 4.69) is 37.1 Å². The number of rotatable bonds is 4. The number of hydrogen-bond acceptors (Lipinski definition) is 3. The van der Waals surface area contributed by atoms with E-state index in [0.717, 1.165) is 16.8 Å². The Bertz CT molecular complexity index is 617. The highest BCUT2D eigenvalue weighted by Crippen LogP contribution is 2.30. The summed E-state index contributed by atoms with van der Waals surface area (Å²) in [4.78, 5) is 0. The summed E-state index contributed by atoms with van der Waals surface area (Å²) in [5, 5.41) is 14.9. The maximum atomic E-state index is 10.6. The fourth-order valence-corrected chi connectivity index (χ4v) is 2.61. The lowest BCUT2D eigenvalue weighted by molar-refractivity contribution is 0.172. The molecule has 108 valence electrons. The van der Waals surface area contributed by atoms with Crippen LogP contribution in [0, 0.1) is 20.8 Å². The summed E-state index contributed by atoms with van der Waals surface area (Å²) in [6, 6.07) is 6.29. The van der Waals surface area contributed by atoms with Crippen molar-refractivity contribution in [3.8, 4) is 5.88 Å². The molecule has 2 rings (SSSR count). The van der Waals surface area contributed by atoms with Crippen LogP contribution in [-0.4, -0.2) is 22.0 Å². The van der Waals surface area contributed by atoms with Gasteiger partial charge in [-0.25, -0.2) is 4.68 Å². The van der Waals surface area contributed by atoms with Crippen LogP contribution in [0.1, 0.15) is 34.1 Å². The second kappa shape index (κ2) is 5.67. The SMILES string of the molecule is COc1c(C(O)Cc2cc(C)ccc2C)c(C)nn1C. The molecule has 1 aromatic carbocycles. The van der Waals surface area contributed by atoms with Gasteiger partial charge in [0.25, 0.3) is 0 Å². The summed E-state index contributed by atoms with van der Waals surface area (Å²) in [5.74, 6) is 0.625. The maximum Gasteiger partial charge on any atom is 0.217 e. The van der Waals surface area contributed by atoms with Gasteiger partial charge >= 0.3 is 0 Å². The van der Waals surface area contributed by atoms with E-state index < -0.39 is 6.10 Å². The van der Waals surface area contributed by atoms with E-state index in [9.17, 15) is 5.11 Å². The number of ether oxygens (including phenoxy) is 1. The van der Waals surface area contributed by atoms with Crippen LogP contribution < -0.4 is 4.74 Å². The average molecular weight is 274 g/mol. The largest absolute Gasteiger partial charge is 0.481 e. The summed E-state index contributed by atoms with van der Waals surface area (Å²) in [6.45, 7) is 6.02. The number of hydrogen-bond donors (Lipinski definition) is 1. The molecule has 1 N–H and O–H groups in total. The number of nitrogens with zero attached hydrogens (tertiary/aromatic N) is 2. The maximum absolute atomic E-state index is 10.6. The van der Waals surface area contributed by atoms with Crippen molar-refractivity contribution in [3.63, 3.8) is 0 Å². The molecule has 0 amide bonds. The molecule has 4 heteroatoms. The van der Waals surface area contributed by atoms with Crippen molar-refractivity contribution < 1.29 is 9.84 Å². The zero-order chi connectivity index (χ0) is 14.9. The number of benzene rings is 1. The predicted molar refractivity (Wildman–Crippen MR) is 79.1 cm³/mol. The zero-order valence-electron chi connectivity index (χ0n) is 12.8. The lowest BCUT2D eigenvalue weighted by Gasteiger charge is -2.14. The number of methoxy groups -OCH3 is 1. The van der Waals surface area contributed by atoms with Crippen LogP contribution in [0.3, 0.4) is 0 Å². The van der Waals surface area contributed by atoms with E-state index in [-0.39, 0.29) is 0 Å². The molecular weight excluding hydrogens is 252 g/mol. The smallest absolute Gasteiger partial charge is 0.217 e. The van der Waals surface area contributed by atoms with Gasteiger partial charge in [-0.2, -0.15) is 5.10 Å². The Kier molecular flexibility index (Phi) is 4.14. The molecule has 0 radical (unpaired) electrons. The topological polar surface area (TPSA) is 47.3 Å². The first-order chi connectivity index (χ1) is 9.43. The molecule has 0 saturated heterocycles. The van der Waals surface area contributed by atoms with Gasteiger partial charge in [-0.15, -0.1) is 0 Å². The Morgan fingerprint density at radius 1 is 1.30 bits per heavy atom. The van der Waals surface area contributed by atoms with Gasteiger partial charge in [-0.05, 0) is 31.9 Å². The Hall–Kier alpha value is -1.81. The van der Waals surface area contributed by atoms with E-state index >= 15 is 0 Å². The van der Waals surface area contributed by atoms with E-state index in [1.807, 2.05) is 14.0 Å². The standard InChI is InChI=1S/C16H22N2O2/c1-10-6-7-11(2)13(8-10)9-14(19)15-12(3)17-18(4)16(15)20-5/h6-8,14,19H,9H2,1-5H3. The van der Waals surface area contributed by atoms with Crippen LogP contribution in [0.15, 0.2) is 18.2 Å². The minimum Gasteiger partial charge on any atom is -0.481 e. The van der Waals surface area contributed by atoms with Crippen molar-refractivity contribution in [2.24, 2.45) is 7.05 Å². The lowest BCUT2D eigenvalue weighted by atomic mass is 9.97. The zero-order valence-corrected chi connectivity index (χ0v) is 12.8. The van der Waals surface area contributed by atoms with Gasteiger partial charge in [0.05, 0.1) is 24.5 Å². The van der Waals surface area contributed by atoms with Gasteiger partial charge in [0, 0.05) is 13.5 Å². The molecule has 0 saturated carbocycles. The molecule has 0 aliphatic heterocycles. The number of aliphatic hydroxyl groups excluding tert-OH is 1. The second-order valence-corrected chi connectivity index (χ2v) is 5.28. The Labute approximate surface area is 120 Å². The third-order valence-electron chi connectivity index (χ3n) is 3.66. The molecule has 0 aliphatic rings. The van der Waals surface area contributed by atoms with Crippen molar-refractivity contribution in [3.05, 3.63) is 46.1 Å². The molecule has 0 aliphatic carbocycles. The third-order valence-corrected chi connectivity index (χ3v) is 3.66. The Balaban J connectivity index is 2.33. The van der Waals surface area contributed by atoms with E-state index in [1.165, 1.54) is 11.1 Å². The Morgan fingerprint density at radius 3 is 2.65 bits per heavy atom. The molecule has 4 nitrogen and oxygen atoms in total. The minimum absolute atomic E-state index is 0.566. The number of aryl methyl sites for hydroxylation is 4. The molecule has 0 fully saturated rings. The monoisotopic (exact) mass is 274 g/mol. The quantitative estimate of drug-likeness (QED) is 0.932. The highest BCUT2D eigenvalue weighted by Gasteiger charge is 2.22. The first-order valence-electron chi connectivity index (χ1n) is 6.75. The number of aromatic nitrogens is 2. The van der Waals surface area contributed by atoms with Gasteiger partial charge in [0.2, 0.25) is 5.88 Å². The van der Waals surface area contributed by atoms with Crippen LogP contribution >= 0.6 is 0 Å².